The summed E-state index contributed by atoms with van der Waals surface area (Å²) in [5.74, 6) is 1.33. The highest BCUT2D eigenvalue weighted by Crippen LogP contribution is 2.25. The van der Waals surface area contributed by atoms with Crippen molar-refractivity contribution in [2.45, 2.75) is 43.9 Å². The van der Waals surface area contributed by atoms with Gasteiger partial charge in [0.1, 0.15) is 0 Å². The van der Waals surface area contributed by atoms with Crippen molar-refractivity contribution < 1.29 is 4.79 Å². The predicted octanol–water partition coefficient (Wildman–Crippen LogP) is 3.02. The molecule has 132 valence electrons. The van der Waals surface area contributed by atoms with Gasteiger partial charge in [0.15, 0.2) is 11.0 Å². The Morgan fingerprint density at radius 1 is 1.36 bits per heavy atom. The number of carbonyl (C=O) groups excluding carboxylic acids is 1. The van der Waals surface area contributed by atoms with Crippen LogP contribution >= 0.6 is 11.8 Å². The molecule has 1 atom stereocenters. The molecule has 0 aliphatic carbocycles. The molecule has 7 heteroatoms. The van der Waals surface area contributed by atoms with Crippen LogP contribution in [0.1, 0.15) is 26.2 Å². The molecular formula is C18H23N5OS. The molecule has 0 saturated carbocycles. The molecule has 1 aliphatic heterocycles. The van der Waals surface area contributed by atoms with Gasteiger partial charge in [-0.1, -0.05) is 17.8 Å². The summed E-state index contributed by atoms with van der Waals surface area (Å²) < 4.78 is 1.99. The molecule has 0 radical (unpaired) electrons. The van der Waals surface area contributed by atoms with Gasteiger partial charge in [-0.15, -0.1) is 16.8 Å². The lowest BCUT2D eigenvalue weighted by atomic mass is 10.0. The van der Waals surface area contributed by atoms with Crippen molar-refractivity contribution in [1.29, 1.82) is 0 Å². The molecule has 1 fully saturated rings. The fourth-order valence-corrected chi connectivity index (χ4v) is 3.92. The third kappa shape index (κ3) is 4.10. The second-order valence-electron chi connectivity index (χ2n) is 6.16. The van der Waals surface area contributed by atoms with Crippen molar-refractivity contribution in [3.05, 3.63) is 37.2 Å². The third-order valence-electron chi connectivity index (χ3n) is 4.42. The summed E-state index contributed by atoms with van der Waals surface area (Å²) in [6, 6.07) is 4.14. The Morgan fingerprint density at radius 2 is 2.16 bits per heavy atom. The van der Waals surface area contributed by atoms with Gasteiger partial charge in [-0.25, -0.2) is 0 Å². The van der Waals surface area contributed by atoms with Crippen molar-refractivity contribution in [3.8, 4) is 11.4 Å². The van der Waals surface area contributed by atoms with Crippen LogP contribution in [0.3, 0.4) is 0 Å². The van der Waals surface area contributed by atoms with Gasteiger partial charge in [0.2, 0.25) is 5.91 Å². The van der Waals surface area contributed by atoms with Crippen molar-refractivity contribution in [2.24, 2.45) is 0 Å². The molecule has 25 heavy (non-hydrogen) atoms. The molecule has 0 N–H and O–H groups in total. The zero-order valence-electron chi connectivity index (χ0n) is 14.5. The van der Waals surface area contributed by atoms with E-state index in [4.69, 9.17) is 0 Å². The second-order valence-corrected chi connectivity index (χ2v) is 7.10. The van der Waals surface area contributed by atoms with Crippen LogP contribution in [0.4, 0.5) is 0 Å². The smallest absolute Gasteiger partial charge is 0.233 e. The van der Waals surface area contributed by atoms with Crippen LogP contribution in [0.15, 0.2) is 42.3 Å². The fourth-order valence-electron chi connectivity index (χ4n) is 3.08. The van der Waals surface area contributed by atoms with Crippen LogP contribution in [-0.2, 0) is 11.3 Å². The number of thioether (sulfide) groups is 1. The Bertz CT molecular complexity index is 730. The molecule has 3 rings (SSSR count). The number of nitrogens with zero attached hydrogens (tertiary/aromatic N) is 5. The fraction of sp³-hybridized carbons (Fsp3) is 0.444. The van der Waals surface area contributed by atoms with E-state index in [-0.39, 0.29) is 5.91 Å². The van der Waals surface area contributed by atoms with E-state index in [0.717, 1.165) is 35.9 Å². The van der Waals surface area contributed by atoms with Crippen molar-refractivity contribution in [3.63, 3.8) is 0 Å². The predicted molar refractivity (Wildman–Crippen MR) is 99.2 cm³/mol. The van der Waals surface area contributed by atoms with Crippen LogP contribution in [0.2, 0.25) is 0 Å². The molecule has 2 aromatic heterocycles. The molecular weight excluding hydrogens is 334 g/mol. The van der Waals surface area contributed by atoms with E-state index in [1.807, 2.05) is 27.7 Å². The number of piperidine rings is 1. The highest BCUT2D eigenvalue weighted by molar-refractivity contribution is 7.99. The lowest BCUT2D eigenvalue weighted by Gasteiger charge is -2.33. The van der Waals surface area contributed by atoms with Gasteiger partial charge in [-0.3, -0.25) is 14.3 Å². The summed E-state index contributed by atoms with van der Waals surface area (Å²) >= 11 is 1.44. The number of allylic oxidation sites excluding steroid dienone is 1. The van der Waals surface area contributed by atoms with Crippen LogP contribution in [0.5, 0.6) is 0 Å². The van der Waals surface area contributed by atoms with Crippen molar-refractivity contribution in [2.75, 3.05) is 12.3 Å². The van der Waals surface area contributed by atoms with Gasteiger partial charge < -0.3 is 4.90 Å². The lowest BCUT2D eigenvalue weighted by molar-refractivity contribution is -0.131. The minimum absolute atomic E-state index is 0.177. The second kappa shape index (κ2) is 8.29. The Morgan fingerprint density at radius 3 is 2.88 bits per heavy atom. The number of likely N-dealkylation sites (tertiary alicyclic amines) is 1. The summed E-state index contributed by atoms with van der Waals surface area (Å²) in [5.41, 5.74) is 0.951. The van der Waals surface area contributed by atoms with Crippen molar-refractivity contribution >= 4 is 17.7 Å². The molecule has 0 unspecified atom stereocenters. The Balaban J connectivity index is 1.73. The summed E-state index contributed by atoms with van der Waals surface area (Å²) in [4.78, 5) is 18.6. The number of rotatable bonds is 6. The van der Waals surface area contributed by atoms with Crippen LogP contribution in [-0.4, -0.2) is 48.9 Å². The topological polar surface area (TPSA) is 63.9 Å². The molecule has 0 spiro atoms. The first kappa shape index (κ1) is 17.7. The molecule has 1 aliphatic rings. The number of hydrogen-bond acceptors (Lipinski definition) is 5. The number of hydrogen-bond donors (Lipinski definition) is 0. The quantitative estimate of drug-likeness (QED) is 0.587. The van der Waals surface area contributed by atoms with Crippen molar-refractivity contribution in [1.82, 2.24) is 24.6 Å². The third-order valence-corrected chi connectivity index (χ3v) is 5.37. The van der Waals surface area contributed by atoms with E-state index in [2.05, 4.69) is 28.7 Å². The monoisotopic (exact) mass is 357 g/mol. The van der Waals surface area contributed by atoms with Gasteiger partial charge in [-0.05, 0) is 38.3 Å². The molecule has 1 amide bonds. The molecule has 0 aromatic carbocycles. The first-order valence-corrected chi connectivity index (χ1v) is 9.56. The molecule has 1 saturated heterocycles. The minimum Gasteiger partial charge on any atom is -0.339 e. The van der Waals surface area contributed by atoms with Crippen LogP contribution in [0, 0.1) is 0 Å². The molecule has 0 bridgehead atoms. The number of carbonyl (C=O) groups is 1. The zero-order chi connectivity index (χ0) is 17.6. The average molecular weight is 357 g/mol. The maximum absolute atomic E-state index is 12.5. The highest BCUT2D eigenvalue weighted by Gasteiger charge is 2.24. The van der Waals surface area contributed by atoms with E-state index < -0.39 is 0 Å². The molecule has 6 nitrogen and oxygen atoms in total. The normalized spacial score (nSPS) is 17.5. The maximum Gasteiger partial charge on any atom is 0.233 e. The standard InChI is InChI=1S/C18H23N5OS/c1-3-11-23-17(15-7-9-19-10-8-15)20-21-18(23)25-13-16(24)22-12-5-4-6-14(22)2/h3,7-10,14H,1,4-6,11-13H2,2H3/t14-/m1/s1. The molecule has 3 heterocycles. The van der Waals surface area contributed by atoms with Gasteiger partial charge in [-0.2, -0.15) is 0 Å². The van der Waals surface area contributed by atoms with E-state index in [1.54, 1.807) is 12.4 Å². The van der Waals surface area contributed by atoms with Gasteiger partial charge >= 0.3 is 0 Å². The Labute approximate surface area is 152 Å². The number of amides is 1. The maximum atomic E-state index is 12.5. The van der Waals surface area contributed by atoms with E-state index in [0.29, 0.717) is 18.3 Å². The zero-order valence-corrected chi connectivity index (χ0v) is 15.3. The summed E-state index contributed by atoms with van der Waals surface area (Å²) in [7, 11) is 0. The van der Waals surface area contributed by atoms with Crippen LogP contribution in [0.25, 0.3) is 11.4 Å². The lowest BCUT2D eigenvalue weighted by Crippen LogP contribution is -2.43. The highest BCUT2D eigenvalue weighted by atomic mass is 32.2. The van der Waals surface area contributed by atoms with Gasteiger partial charge in [0.05, 0.1) is 5.75 Å². The Kier molecular flexibility index (Phi) is 5.86. The molecule has 2 aromatic rings. The summed E-state index contributed by atoms with van der Waals surface area (Å²) in [6.45, 7) is 7.41. The average Bonchev–Trinajstić information content (AvgIpc) is 3.04. The minimum atomic E-state index is 0.177. The Hall–Kier alpha value is -2.15. The van der Waals surface area contributed by atoms with E-state index in [9.17, 15) is 4.79 Å². The SMILES string of the molecule is C=CCn1c(SCC(=O)N2CCCC[C@H]2C)nnc1-c1ccncc1. The first-order valence-electron chi connectivity index (χ1n) is 8.57. The van der Waals surface area contributed by atoms with Gasteiger partial charge in [0, 0.05) is 37.1 Å². The number of aromatic nitrogens is 4. The van der Waals surface area contributed by atoms with E-state index >= 15 is 0 Å². The summed E-state index contributed by atoms with van der Waals surface area (Å²) in [6.07, 6.45) is 8.68. The number of pyridine rings is 1. The van der Waals surface area contributed by atoms with E-state index in [1.165, 1.54) is 18.2 Å². The van der Waals surface area contributed by atoms with Crippen LogP contribution < -0.4 is 0 Å². The largest absolute Gasteiger partial charge is 0.339 e. The van der Waals surface area contributed by atoms with Gasteiger partial charge in [0.25, 0.3) is 0 Å². The first-order chi connectivity index (χ1) is 12.2. The summed E-state index contributed by atoms with van der Waals surface area (Å²) in [5, 5.41) is 9.33.